The summed E-state index contributed by atoms with van der Waals surface area (Å²) in [6.07, 6.45) is 0. The molecule has 0 aliphatic carbocycles. The van der Waals surface area contributed by atoms with Crippen molar-refractivity contribution >= 4 is 17.1 Å². The smallest absolute Gasteiger partial charge is 0.193 e. The van der Waals surface area contributed by atoms with E-state index in [1.165, 1.54) is 11.3 Å². The van der Waals surface area contributed by atoms with Crippen molar-refractivity contribution in [3.63, 3.8) is 0 Å². The maximum absolute atomic E-state index is 11.5. The average molecular weight is 198 g/mol. The minimum Gasteiger partial charge on any atom is -0.314 e. The first-order valence-corrected chi connectivity index (χ1v) is 5.16. The van der Waals surface area contributed by atoms with Gasteiger partial charge >= 0.3 is 0 Å². The number of thiazole rings is 1. The molecule has 13 heavy (non-hydrogen) atoms. The average Bonchev–Trinajstić information content (AvgIpc) is 2.52. The number of hydrogen-bond acceptors (Lipinski definition) is 4. The van der Waals surface area contributed by atoms with E-state index in [0.717, 1.165) is 12.2 Å². The maximum Gasteiger partial charge on any atom is 0.193 e. The lowest BCUT2D eigenvalue weighted by Crippen LogP contribution is -2.09. The summed E-state index contributed by atoms with van der Waals surface area (Å²) in [7, 11) is 1.86. The predicted octanol–water partition coefficient (Wildman–Crippen LogP) is 1.70. The first-order valence-electron chi connectivity index (χ1n) is 4.28. The van der Waals surface area contributed by atoms with Crippen LogP contribution in [0.3, 0.4) is 0 Å². The lowest BCUT2D eigenvalue weighted by Gasteiger charge is -1.98. The summed E-state index contributed by atoms with van der Waals surface area (Å²) >= 11 is 1.43. The van der Waals surface area contributed by atoms with Crippen LogP contribution < -0.4 is 5.32 Å². The Morgan fingerprint density at radius 1 is 1.69 bits per heavy atom. The molecule has 0 atom stereocenters. The molecule has 0 radical (unpaired) electrons. The molecule has 72 valence electrons. The molecule has 0 saturated carbocycles. The highest BCUT2D eigenvalue weighted by Crippen LogP contribution is 2.14. The van der Waals surface area contributed by atoms with Crippen LogP contribution in [0, 0.1) is 5.92 Å². The second-order valence-electron chi connectivity index (χ2n) is 3.19. The van der Waals surface area contributed by atoms with Crippen molar-refractivity contribution in [2.75, 3.05) is 7.05 Å². The second kappa shape index (κ2) is 4.48. The Balaban J connectivity index is 2.73. The third kappa shape index (κ3) is 2.60. The molecular formula is C9H14N2OS. The van der Waals surface area contributed by atoms with Gasteiger partial charge in [0.25, 0.3) is 0 Å². The number of nitrogens with one attached hydrogen (secondary N) is 1. The monoisotopic (exact) mass is 198 g/mol. The van der Waals surface area contributed by atoms with Gasteiger partial charge in [-0.25, -0.2) is 4.98 Å². The predicted molar refractivity (Wildman–Crippen MR) is 54.0 cm³/mol. The zero-order valence-electron chi connectivity index (χ0n) is 8.13. The fraction of sp³-hybridized carbons (Fsp3) is 0.556. The number of Topliss-reactive ketones (excluding diaryl/α,β-unsaturated/α-hetero) is 1. The van der Waals surface area contributed by atoms with E-state index in [4.69, 9.17) is 0 Å². The minimum atomic E-state index is 0.0357. The summed E-state index contributed by atoms with van der Waals surface area (Å²) in [6.45, 7) is 4.50. The van der Waals surface area contributed by atoms with E-state index in [0.29, 0.717) is 5.01 Å². The van der Waals surface area contributed by atoms with Gasteiger partial charge in [-0.1, -0.05) is 13.8 Å². The summed E-state index contributed by atoms with van der Waals surface area (Å²) < 4.78 is 0. The molecule has 1 N–H and O–H groups in total. The first kappa shape index (κ1) is 10.3. The van der Waals surface area contributed by atoms with Gasteiger partial charge in [-0.05, 0) is 7.05 Å². The van der Waals surface area contributed by atoms with Crippen molar-refractivity contribution in [1.82, 2.24) is 10.3 Å². The van der Waals surface area contributed by atoms with Crippen LogP contribution in [0.25, 0.3) is 0 Å². The van der Waals surface area contributed by atoms with Crippen molar-refractivity contribution in [1.29, 1.82) is 0 Å². The molecule has 0 fully saturated rings. The molecule has 0 spiro atoms. The molecule has 0 saturated heterocycles. The van der Waals surface area contributed by atoms with E-state index in [1.807, 2.05) is 26.3 Å². The van der Waals surface area contributed by atoms with Crippen LogP contribution in [0.4, 0.5) is 0 Å². The summed E-state index contributed by atoms with van der Waals surface area (Å²) in [5.74, 6) is 0.168. The summed E-state index contributed by atoms with van der Waals surface area (Å²) in [5, 5.41) is 5.55. The van der Waals surface area contributed by atoms with Gasteiger partial charge in [0.1, 0.15) is 0 Å². The number of carbonyl (C=O) groups is 1. The minimum absolute atomic E-state index is 0.0357. The Morgan fingerprint density at radius 2 is 2.38 bits per heavy atom. The highest BCUT2D eigenvalue weighted by Gasteiger charge is 2.14. The Bertz CT molecular complexity index is 294. The van der Waals surface area contributed by atoms with Gasteiger partial charge < -0.3 is 5.32 Å². The van der Waals surface area contributed by atoms with E-state index < -0.39 is 0 Å². The fourth-order valence-corrected chi connectivity index (χ4v) is 1.83. The van der Waals surface area contributed by atoms with Crippen LogP contribution in [-0.2, 0) is 6.54 Å². The molecular weight excluding hydrogens is 184 g/mol. The van der Waals surface area contributed by atoms with E-state index in [1.54, 1.807) is 0 Å². The third-order valence-electron chi connectivity index (χ3n) is 1.64. The van der Waals surface area contributed by atoms with Crippen molar-refractivity contribution in [2.24, 2.45) is 5.92 Å². The molecule has 0 bridgehead atoms. The molecule has 0 aliphatic rings. The van der Waals surface area contributed by atoms with Gasteiger partial charge in [0, 0.05) is 17.8 Å². The Kier molecular flexibility index (Phi) is 3.57. The van der Waals surface area contributed by atoms with Gasteiger partial charge in [0.15, 0.2) is 10.8 Å². The SMILES string of the molecule is CNCc1csc(C(=O)C(C)C)n1. The Hall–Kier alpha value is -0.740. The van der Waals surface area contributed by atoms with Crippen molar-refractivity contribution in [3.05, 3.63) is 16.1 Å². The molecule has 0 amide bonds. The van der Waals surface area contributed by atoms with Crippen molar-refractivity contribution in [3.8, 4) is 0 Å². The standard InChI is InChI=1S/C9H14N2OS/c1-6(2)8(12)9-11-7(4-10-3)5-13-9/h5-6,10H,4H2,1-3H3. The molecule has 3 nitrogen and oxygen atoms in total. The van der Waals surface area contributed by atoms with E-state index in [2.05, 4.69) is 10.3 Å². The number of rotatable bonds is 4. The van der Waals surface area contributed by atoms with Crippen molar-refractivity contribution < 1.29 is 4.79 Å². The number of carbonyl (C=O) groups excluding carboxylic acids is 1. The first-order chi connectivity index (χ1) is 6.15. The quantitative estimate of drug-likeness (QED) is 0.749. The Labute approximate surface area is 82.2 Å². The van der Waals surface area contributed by atoms with Crippen LogP contribution in [0.15, 0.2) is 5.38 Å². The second-order valence-corrected chi connectivity index (χ2v) is 4.05. The zero-order chi connectivity index (χ0) is 9.84. The van der Waals surface area contributed by atoms with Crippen LogP contribution >= 0.6 is 11.3 Å². The summed E-state index contributed by atoms with van der Waals surface area (Å²) in [4.78, 5) is 15.7. The zero-order valence-corrected chi connectivity index (χ0v) is 8.94. The molecule has 1 aromatic heterocycles. The maximum atomic E-state index is 11.5. The van der Waals surface area contributed by atoms with Gasteiger partial charge in [0.2, 0.25) is 0 Å². The number of hydrogen-bond donors (Lipinski definition) is 1. The highest BCUT2D eigenvalue weighted by atomic mass is 32.1. The highest BCUT2D eigenvalue weighted by molar-refractivity contribution is 7.11. The number of aromatic nitrogens is 1. The molecule has 4 heteroatoms. The van der Waals surface area contributed by atoms with Gasteiger partial charge in [-0.2, -0.15) is 0 Å². The molecule has 0 aliphatic heterocycles. The van der Waals surface area contributed by atoms with Crippen LogP contribution in [0.1, 0.15) is 29.3 Å². The van der Waals surface area contributed by atoms with Gasteiger partial charge in [0.05, 0.1) is 5.69 Å². The third-order valence-corrected chi connectivity index (χ3v) is 2.55. The Morgan fingerprint density at radius 3 is 2.92 bits per heavy atom. The number of ketones is 1. The van der Waals surface area contributed by atoms with E-state index >= 15 is 0 Å². The summed E-state index contributed by atoms with van der Waals surface area (Å²) in [6, 6.07) is 0. The topological polar surface area (TPSA) is 42.0 Å². The van der Waals surface area contributed by atoms with Gasteiger partial charge in [-0.3, -0.25) is 4.79 Å². The van der Waals surface area contributed by atoms with E-state index in [-0.39, 0.29) is 11.7 Å². The largest absolute Gasteiger partial charge is 0.314 e. The van der Waals surface area contributed by atoms with Crippen LogP contribution in [-0.4, -0.2) is 17.8 Å². The lowest BCUT2D eigenvalue weighted by atomic mass is 10.1. The lowest BCUT2D eigenvalue weighted by molar-refractivity contribution is 0.0939. The molecule has 1 aromatic rings. The van der Waals surface area contributed by atoms with Crippen molar-refractivity contribution in [2.45, 2.75) is 20.4 Å². The molecule has 1 heterocycles. The van der Waals surface area contributed by atoms with Crippen LogP contribution in [0.5, 0.6) is 0 Å². The number of nitrogens with zero attached hydrogens (tertiary/aromatic N) is 1. The molecule has 1 rings (SSSR count). The summed E-state index contributed by atoms with van der Waals surface area (Å²) in [5.41, 5.74) is 0.941. The van der Waals surface area contributed by atoms with Crippen LogP contribution in [0.2, 0.25) is 0 Å². The fourth-order valence-electron chi connectivity index (χ4n) is 0.929. The molecule has 0 unspecified atom stereocenters. The van der Waals surface area contributed by atoms with Gasteiger partial charge in [-0.15, -0.1) is 11.3 Å². The normalized spacial score (nSPS) is 10.8. The molecule has 0 aromatic carbocycles. The van der Waals surface area contributed by atoms with E-state index in [9.17, 15) is 4.79 Å².